The van der Waals surface area contributed by atoms with E-state index in [4.69, 9.17) is 5.11 Å². The van der Waals surface area contributed by atoms with Gasteiger partial charge in [-0.15, -0.1) is 0 Å². The Hall–Kier alpha value is -1.43. The fraction of sp³-hybridized carbons (Fsp3) is 0.571. The average Bonchev–Trinajstić information content (AvgIpc) is 2.46. The van der Waals surface area contributed by atoms with Crippen LogP contribution in [0.5, 0.6) is 0 Å². The first-order valence-corrected chi connectivity index (χ1v) is 3.87. The Morgan fingerprint density at radius 2 is 2.46 bits per heavy atom. The molecule has 0 saturated carbocycles. The van der Waals surface area contributed by atoms with Gasteiger partial charge in [-0.2, -0.15) is 0 Å². The van der Waals surface area contributed by atoms with E-state index in [0.29, 0.717) is 5.82 Å². The van der Waals surface area contributed by atoms with E-state index in [9.17, 15) is 10.1 Å². The van der Waals surface area contributed by atoms with Crippen LogP contribution in [0.3, 0.4) is 0 Å². The molecule has 0 aromatic carbocycles. The van der Waals surface area contributed by atoms with Crippen LogP contribution in [-0.2, 0) is 0 Å². The average molecular weight is 185 g/mol. The van der Waals surface area contributed by atoms with Crippen LogP contribution >= 0.6 is 0 Å². The Labute approximate surface area is 75.0 Å². The molecule has 6 nitrogen and oxygen atoms in total. The summed E-state index contributed by atoms with van der Waals surface area (Å²) >= 11 is 0. The molecule has 0 fully saturated rings. The number of nitrogens with zero attached hydrogens (tertiary/aromatic N) is 3. The van der Waals surface area contributed by atoms with E-state index in [0.717, 1.165) is 0 Å². The van der Waals surface area contributed by atoms with Crippen molar-refractivity contribution in [1.29, 1.82) is 0 Å². The molecule has 1 aromatic rings. The maximum Gasteiger partial charge on any atom is 0.343 e. The van der Waals surface area contributed by atoms with Crippen LogP contribution in [0.15, 0.2) is 6.20 Å². The maximum atomic E-state index is 10.5. The summed E-state index contributed by atoms with van der Waals surface area (Å²) < 4.78 is 1.40. The van der Waals surface area contributed by atoms with Crippen molar-refractivity contribution in [1.82, 2.24) is 9.55 Å². The van der Waals surface area contributed by atoms with Crippen LogP contribution in [0.1, 0.15) is 18.8 Å². The van der Waals surface area contributed by atoms with Crippen molar-refractivity contribution in [3.05, 3.63) is 22.1 Å². The Morgan fingerprint density at radius 3 is 2.92 bits per heavy atom. The molecule has 1 aromatic heterocycles. The van der Waals surface area contributed by atoms with Crippen molar-refractivity contribution in [2.24, 2.45) is 0 Å². The lowest BCUT2D eigenvalue weighted by Crippen LogP contribution is -2.13. The van der Waals surface area contributed by atoms with Crippen molar-refractivity contribution in [3.63, 3.8) is 0 Å². The zero-order valence-corrected chi connectivity index (χ0v) is 7.47. The molecule has 0 radical (unpaired) electrons. The van der Waals surface area contributed by atoms with Crippen LogP contribution in [0, 0.1) is 17.0 Å². The topological polar surface area (TPSA) is 81.2 Å². The number of hydrogen-bond acceptors (Lipinski definition) is 4. The number of aliphatic hydroxyl groups is 1. The van der Waals surface area contributed by atoms with Gasteiger partial charge in [0.1, 0.15) is 12.2 Å². The van der Waals surface area contributed by atoms with E-state index in [1.54, 1.807) is 13.8 Å². The lowest BCUT2D eigenvalue weighted by molar-refractivity contribution is -0.392. The molecular weight excluding hydrogens is 174 g/mol. The Kier molecular flexibility index (Phi) is 2.62. The van der Waals surface area contributed by atoms with Gasteiger partial charge in [0.05, 0.1) is 6.61 Å². The summed E-state index contributed by atoms with van der Waals surface area (Å²) in [5.74, 6) is 0.451. The van der Waals surface area contributed by atoms with Gasteiger partial charge in [-0.1, -0.05) is 0 Å². The second kappa shape index (κ2) is 3.53. The van der Waals surface area contributed by atoms with Crippen molar-refractivity contribution < 1.29 is 10.0 Å². The second-order valence-electron chi connectivity index (χ2n) is 2.82. The number of nitro groups is 1. The quantitative estimate of drug-likeness (QED) is 0.553. The number of aryl methyl sites for hydroxylation is 1. The van der Waals surface area contributed by atoms with Gasteiger partial charge in [-0.3, -0.25) is 0 Å². The van der Waals surface area contributed by atoms with Gasteiger partial charge < -0.3 is 15.2 Å². The molecule has 0 aliphatic rings. The number of aromatic nitrogens is 2. The molecule has 1 unspecified atom stereocenters. The van der Waals surface area contributed by atoms with Gasteiger partial charge in [0.2, 0.25) is 0 Å². The monoisotopic (exact) mass is 185 g/mol. The molecule has 0 bridgehead atoms. The number of aliphatic hydroxyl groups excluding tert-OH is 1. The molecule has 1 rings (SSSR count). The lowest BCUT2D eigenvalue weighted by atomic mass is 10.3. The van der Waals surface area contributed by atoms with Crippen LogP contribution in [-0.4, -0.2) is 26.2 Å². The Balaban J connectivity index is 3.15. The molecule has 13 heavy (non-hydrogen) atoms. The van der Waals surface area contributed by atoms with E-state index >= 15 is 0 Å². The van der Waals surface area contributed by atoms with Crippen LogP contribution < -0.4 is 0 Å². The predicted molar refractivity (Wildman–Crippen MR) is 45.4 cm³/mol. The van der Waals surface area contributed by atoms with Crippen molar-refractivity contribution in [2.45, 2.75) is 19.9 Å². The SMILES string of the molecule is Cc1ncc([N+](=O)[O-])n1C(C)CO. The summed E-state index contributed by atoms with van der Waals surface area (Å²) in [6, 6.07) is -0.317. The summed E-state index contributed by atoms with van der Waals surface area (Å²) in [4.78, 5) is 13.8. The van der Waals surface area contributed by atoms with Gasteiger partial charge in [0.15, 0.2) is 5.82 Å². The summed E-state index contributed by atoms with van der Waals surface area (Å²) in [5, 5.41) is 19.4. The minimum absolute atomic E-state index is 0.0842. The van der Waals surface area contributed by atoms with Gasteiger partial charge in [-0.05, 0) is 11.8 Å². The highest BCUT2D eigenvalue weighted by Crippen LogP contribution is 2.19. The van der Waals surface area contributed by atoms with Gasteiger partial charge >= 0.3 is 5.82 Å². The minimum Gasteiger partial charge on any atom is -0.392 e. The summed E-state index contributed by atoms with van der Waals surface area (Å²) in [5.41, 5.74) is 0. The number of imidazole rings is 1. The first-order chi connectivity index (χ1) is 6.07. The molecule has 0 spiro atoms. The molecule has 6 heteroatoms. The van der Waals surface area contributed by atoms with Crippen LogP contribution in [0.2, 0.25) is 0 Å². The van der Waals surface area contributed by atoms with Crippen molar-refractivity contribution in [2.75, 3.05) is 6.61 Å². The summed E-state index contributed by atoms with van der Waals surface area (Å²) in [6.07, 6.45) is 1.20. The molecule has 1 heterocycles. The van der Waals surface area contributed by atoms with Gasteiger partial charge in [0, 0.05) is 6.92 Å². The lowest BCUT2D eigenvalue weighted by Gasteiger charge is -2.07. The smallest absolute Gasteiger partial charge is 0.343 e. The highest BCUT2D eigenvalue weighted by Gasteiger charge is 2.21. The van der Waals surface area contributed by atoms with E-state index in [-0.39, 0.29) is 18.5 Å². The first-order valence-electron chi connectivity index (χ1n) is 3.87. The third kappa shape index (κ3) is 1.67. The standard InChI is InChI=1S/C7H11N3O3/c1-5(4-11)9-6(2)8-3-7(9)10(12)13/h3,5,11H,4H2,1-2H3. The zero-order valence-electron chi connectivity index (χ0n) is 7.47. The molecule has 0 aliphatic heterocycles. The molecule has 0 aliphatic carbocycles. The molecule has 1 atom stereocenters. The number of hydrogen-bond donors (Lipinski definition) is 1. The molecule has 1 N–H and O–H groups in total. The van der Waals surface area contributed by atoms with Crippen molar-refractivity contribution in [3.8, 4) is 0 Å². The van der Waals surface area contributed by atoms with E-state index in [1.165, 1.54) is 10.8 Å². The summed E-state index contributed by atoms with van der Waals surface area (Å²) in [6.45, 7) is 3.22. The van der Waals surface area contributed by atoms with E-state index in [2.05, 4.69) is 4.98 Å². The predicted octanol–water partition coefficient (Wildman–Crippen LogP) is 0.653. The molecule has 72 valence electrons. The third-order valence-electron chi connectivity index (χ3n) is 1.85. The minimum atomic E-state index is -0.508. The van der Waals surface area contributed by atoms with Crippen molar-refractivity contribution >= 4 is 5.82 Å². The Morgan fingerprint density at radius 1 is 1.85 bits per heavy atom. The highest BCUT2D eigenvalue weighted by atomic mass is 16.6. The fourth-order valence-electron chi connectivity index (χ4n) is 1.20. The third-order valence-corrected chi connectivity index (χ3v) is 1.85. The molecule has 0 amide bonds. The van der Waals surface area contributed by atoms with Crippen LogP contribution in [0.25, 0.3) is 0 Å². The van der Waals surface area contributed by atoms with E-state index < -0.39 is 4.92 Å². The largest absolute Gasteiger partial charge is 0.392 e. The van der Waals surface area contributed by atoms with Gasteiger partial charge in [0.25, 0.3) is 0 Å². The first kappa shape index (κ1) is 9.66. The fourth-order valence-corrected chi connectivity index (χ4v) is 1.20. The zero-order chi connectivity index (χ0) is 10.0. The molecule has 0 saturated heterocycles. The highest BCUT2D eigenvalue weighted by molar-refractivity contribution is 5.19. The van der Waals surface area contributed by atoms with Crippen LogP contribution in [0.4, 0.5) is 5.82 Å². The summed E-state index contributed by atoms with van der Waals surface area (Å²) in [7, 11) is 0. The maximum absolute atomic E-state index is 10.5. The molecular formula is C7H11N3O3. The normalized spacial score (nSPS) is 12.8. The number of rotatable bonds is 3. The van der Waals surface area contributed by atoms with Gasteiger partial charge in [-0.25, -0.2) is 9.55 Å². The Bertz CT molecular complexity index is 321. The second-order valence-corrected chi connectivity index (χ2v) is 2.82. The van der Waals surface area contributed by atoms with E-state index in [1.807, 2.05) is 0 Å².